The van der Waals surface area contributed by atoms with Gasteiger partial charge in [0.1, 0.15) is 11.9 Å². The third kappa shape index (κ3) is 3.01. The topological polar surface area (TPSA) is 54.5 Å². The maximum atomic E-state index is 13.0. The van der Waals surface area contributed by atoms with Crippen molar-refractivity contribution in [2.45, 2.75) is 0 Å². The van der Waals surface area contributed by atoms with Crippen LogP contribution in [0.5, 0.6) is 0 Å². The highest BCUT2D eigenvalue weighted by molar-refractivity contribution is 5.87. The summed E-state index contributed by atoms with van der Waals surface area (Å²) >= 11 is 0. The summed E-state index contributed by atoms with van der Waals surface area (Å²) in [5.41, 5.74) is 2.02. The smallest absolute Gasteiger partial charge is 0.174 e. The molecule has 0 saturated heterocycles. The summed E-state index contributed by atoms with van der Waals surface area (Å²) in [7, 11) is 1.81. The quantitative estimate of drug-likeness (QED) is 0.693. The molecule has 0 unspecified atom stereocenters. The average Bonchev–Trinajstić information content (AvgIpc) is 2.97. The number of hydrogen-bond donors (Lipinski definition) is 0. The van der Waals surface area contributed by atoms with E-state index in [2.05, 4.69) is 16.3 Å². The monoisotopic (exact) mass is 304 g/mol. The van der Waals surface area contributed by atoms with E-state index < -0.39 is 0 Å². The fourth-order valence-corrected chi connectivity index (χ4v) is 2.27. The van der Waals surface area contributed by atoms with E-state index >= 15 is 0 Å². The summed E-state index contributed by atoms with van der Waals surface area (Å²) in [6.07, 6.45) is 1.66. The minimum atomic E-state index is -0.314. The van der Waals surface area contributed by atoms with Crippen LogP contribution >= 0.6 is 0 Å². The molecular formula is C18H13FN4. The van der Waals surface area contributed by atoms with Gasteiger partial charge >= 0.3 is 0 Å². The molecule has 0 aliphatic heterocycles. The third-order valence-electron chi connectivity index (χ3n) is 3.45. The molecule has 1 heterocycles. The van der Waals surface area contributed by atoms with Gasteiger partial charge in [-0.3, -0.25) is 0 Å². The summed E-state index contributed by atoms with van der Waals surface area (Å²) in [5, 5.41) is 17.7. The van der Waals surface area contributed by atoms with Gasteiger partial charge in [0.2, 0.25) is 0 Å². The van der Waals surface area contributed by atoms with Crippen LogP contribution in [-0.4, -0.2) is 14.8 Å². The lowest BCUT2D eigenvalue weighted by molar-refractivity contribution is 0.628. The van der Waals surface area contributed by atoms with Crippen molar-refractivity contribution in [1.82, 2.24) is 14.8 Å². The van der Waals surface area contributed by atoms with Crippen LogP contribution in [0.3, 0.4) is 0 Å². The lowest BCUT2D eigenvalue weighted by Crippen LogP contribution is -1.98. The summed E-state index contributed by atoms with van der Waals surface area (Å²) < 4.78 is 14.7. The molecule has 0 aliphatic carbocycles. The molecule has 0 spiro atoms. The molecule has 1 aromatic heterocycles. The van der Waals surface area contributed by atoms with Crippen molar-refractivity contribution in [3.63, 3.8) is 0 Å². The Bertz CT molecular complexity index is 887. The van der Waals surface area contributed by atoms with Crippen LogP contribution in [0.4, 0.5) is 4.39 Å². The number of nitrogens with zero attached hydrogens (tertiary/aromatic N) is 4. The molecule has 3 aromatic rings. The molecule has 0 radical (unpaired) electrons. The summed E-state index contributed by atoms with van der Waals surface area (Å²) in [5.74, 6) is 0.835. The van der Waals surface area contributed by atoms with Crippen molar-refractivity contribution >= 4 is 11.6 Å². The summed E-state index contributed by atoms with van der Waals surface area (Å²) in [6, 6.07) is 17.7. The molecular weight excluding hydrogens is 291 g/mol. The Morgan fingerprint density at radius 1 is 1.09 bits per heavy atom. The maximum absolute atomic E-state index is 13.0. The second-order valence-corrected chi connectivity index (χ2v) is 4.99. The van der Waals surface area contributed by atoms with Gasteiger partial charge in [-0.25, -0.2) is 4.39 Å². The molecule has 0 amide bonds. The number of nitriles is 1. The Morgan fingerprint density at radius 2 is 1.78 bits per heavy atom. The first-order valence-corrected chi connectivity index (χ1v) is 7.01. The van der Waals surface area contributed by atoms with Crippen LogP contribution in [0.2, 0.25) is 0 Å². The Labute approximate surface area is 133 Å². The molecule has 0 atom stereocenters. The SMILES string of the molecule is Cn1c(C(C#N)=Cc2ccc(F)cc2)nnc1-c1ccccc1. The highest BCUT2D eigenvalue weighted by Crippen LogP contribution is 2.21. The molecule has 0 fully saturated rings. The molecule has 0 N–H and O–H groups in total. The molecule has 4 nitrogen and oxygen atoms in total. The fraction of sp³-hybridized carbons (Fsp3) is 0.0556. The van der Waals surface area contributed by atoms with Gasteiger partial charge < -0.3 is 4.57 Å². The van der Waals surface area contributed by atoms with E-state index in [9.17, 15) is 9.65 Å². The van der Waals surface area contributed by atoms with E-state index in [0.717, 1.165) is 11.1 Å². The first-order chi connectivity index (χ1) is 11.2. The van der Waals surface area contributed by atoms with Gasteiger partial charge in [0.15, 0.2) is 11.6 Å². The van der Waals surface area contributed by atoms with E-state index in [-0.39, 0.29) is 5.82 Å². The van der Waals surface area contributed by atoms with Crippen molar-refractivity contribution in [3.05, 3.63) is 71.8 Å². The van der Waals surface area contributed by atoms with E-state index in [1.165, 1.54) is 12.1 Å². The zero-order valence-electron chi connectivity index (χ0n) is 12.4. The maximum Gasteiger partial charge on any atom is 0.174 e. The van der Waals surface area contributed by atoms with E-state index in [1.54, 1.807) is 22.8 Å². The Morgan fingerprint density at radius 3 is 2.43 bits per heavy atom. The largest absolute Gasteiger partial charge is 0.310 e. The number of halogens is 1. The Kier molecular flexibility index (Phi) is 3.98. The third-order valence-corrected chi connectivity index (χ3v) is 3.45. The summed E-state index contributed by atoms with van der Waals surface area (Å²) in [4.78, 5) is 0. The normalized spacial score (nSPS) is 11.3. The molecule has 0 saturated carbocycles. The number of aromatic nitrogens is 3. The van der Waals surface area contributed by atoms with Crippen molar-refractivity contribution in [2.24, 2.45) is 7.05 Å². The van der Waals surface area contributed by atoms with Gasteiger partial charge in [-0.15, -0.1) is 10.2 Å². The van der Waals surface area contributed by atoms with E-state index in [1.807, 2.05) is 37.4 Å². The molecule has 3 rings (SSSR count). The molecule has 0 aliphatic rings. The van der Waals surface area contributed by atoms with Crippen LogP contribution in [0.25, 0.3) is 23.0 Å². The lowest BCUT2D eigenvalue weighted by Gasteiger charge is -2.03. The van der Waals surface area contributed by atoms with Gasteiger partial charge in [0.05, 0.1) is 5.57 Å². The fourth-order valence-electron chi connectivity index (χ4n) is 2.27. The van der Waals surface area contributed by atoms with Crippen molar-refractivity contribution in [3.8, 4) is 17.5 Å². The predicted molar refractivity (Wildman–Crippen MR) is 86.3 cm³/mol. The highest BCUT2D eigenvalue weighted by atomic mass is 19.1. The second kappa shape index (κ2) is 6.24. The molecule has 0 bridgehead atoms. The zero-order valence-corrected chi connectivity index (χ0v) is 12.4. The number of hydrogen-bond acceptors (Lipinski definition) is 3. The highest BCUT2D eigenvalue weighted by Gasteiger charge is 2.14. The van der Waals surface area contributed by atoms with E-state index in [0.29, 0.717) is 17.2 Å². The zero-order chi connectivity index (χ0) is 16.2. The minimum Gasteiger partial charge on any atom is -0.310 e. The van der Waals surface area contributed by atoms with Gasteiger partial charge in [-0.2, -0.15) is 5.26 Å². The van der Waals surface area contributed by atoms with Gasteiger partial charge in [-0.05, 0) is 23.8 Å². The van der Waals surface area contributed by atoms with Gasteiger partial charge in [0.25, 0.3) is 0 Å². The number of benzene rings is 2. The number of rotatable bonds is 3. The Hall–Kier alpha value is -3.26. The molecule has 23 heavy (non-hydrogen) atoms. The van der Waals surface area contributed by atoms with Gasteiger partial charge in [-0.1, -0.05) is 42.5 Å². The van der Waals surface area contributed by atoms with Crippen LogP contribution in [0.1, 0.15) is 11.4 Å². The Balaban J connectivity index is 2.02. The van der Waals surface area contributed by atoms with E-state index in [4.69, 9.17) is 0 Å². The lowest BCUT2D eigenvalue weighted by atomic mass is 10.1. The standard InChI is InChI=1S/C18H13FN4/c1-23-17(14-5-3-2-4-6-14)21-22-18(23)15(12-20)11-13-7-9-16(19)10-8-13/h2-11H,1H3. The van der Waals surface area contributed by atoms with Gasteiger partial charge in [0, 0.05) is 12.6 Å². The van der Waals surface area contributed by atoms with Crippen molar-refractivity contribution < 1.29 is 4.39 Å². The average molecular weight is 304 g/mol. The first-order valence-electron chi connectivity index (χ1n) is 7.01. The molecule has 112 valence electrons. The van der Waals surface area contributed by atoms with Crippen LogP contribution in [0.15, 0.2) is 54.6 Å². The van der Waals surface area contributed by atoms with Crippen LogP contribution in [-0.2, 0) is 7.05 Å². The minimum absolute atomic E-state index is 0.314. The first kappa shape index (κ1) is 14.7. The summed E-state index contributed by atoms with van der Waals surface area (Å²) in [6.45, 7) is 0. The number of allylic oxidation sites excluding steroid dienone is 1. The predicted octanol–water partition coefficient (Wildman–Crippen LogP) is 3.69. The second-order valence-electron chi connectivity index (χ2n) is 4.99. The van der Waals surface area contributed by atoms with Crippen LogP contribution < -0.4 is 0 Å². The van der Waals surface area contributed by atoms with Crippen LogP contribution in [0, 0.1) is 17.1 Å². The van der Waals surface area contributed by atoms with Crippen molar-refractivity contribution in [1.29, 1.82) is 5.26 Å². The molecule has 5 heteroatoms. The van der Waals surface area contributed by atoms with Crippen molar-refractivity contribution in [2.75, 3.05) is 0 Å². The molecule has 2 aromatic carbocycles.